The second-order valence-corrected chi connectivity index (χ2v) is 14.8. The average Bonchev–Trinajstić information content (AvgIpc) is 3.09. The fourth-order valence-corrected chi connectivity index (χ4v) is 6.58. The van der Waals surface area contributed by atoms with Gasteiger partial charge in [-0.25, -0.2) is 19.7 Å². The maximum absolute atomic E-state index is 13.0. The highest BCUT2D eigenvalue weighted by molar-refractivity contribution is 6.61. The molecule has 0 unspecified atom stereocenters. The molecule has 0 saturated carbocycles. The van der Waals surface area contributed by atoms with Crippen LogP contribution in [0.4, 0.5) is 9.59 Å². The molecule has 316 valence electrons. The van der Waals surface area contributed by atoms with Gasteiger partial charge in [0.05, 0.1) is 24.4 Å². The van der Waals surface area contributed by atoms with E-state index in [-0.39, 0.29) is 43.2 Å². The molecule has 0 radical (unpaired) electrons. The monoisotopic (exact) mass is 818 g/mol. The molecule has 14 nitrogen and oxygen atoms in total. The lowest BCUT2D eigenvalue weighted by Gasteiger charge is -2.38. The number of nitrogens with zero attached hydrogens (tertiary/aromatic N) is 2. The van der Waals surface area contributed by atoms with Crippen LogP contribution in [0.5, 0.6) is 0 Å². The third kappa shape index (κ3) is 13.3. The largest absolute Gasteiger partial charge is 0.513 e. The summed E-state index contributed by atoms with van der Waals surface area (Å²) in [6, 6.07) is 8.00. The summed E-state index contributed by atoms with van der Waals surface area (Å²) >= 11 is 4.84. The average molecular weight is 819 g/mol. The Morgan fingerprint density at radius 2 is 1.05 bits per heavy atom. The van der Waals surface area contributed by atoms with Crippen LogP contribution < -0.4 is 0 Å². The van der Waals surface area contributed by atoms with Crippen LogP contribution >= 0.6 is 11.6 Å². The zero-order valence-electron chi connectivity index (χ0n) is 35.8. The fourth-order valence-electron chi connectivity index (χ4n) is 6.50. The first-order valence-electron chi connectivity index (χ1n) is 18.6. The van der Waals surface area contributed by atoms with Crippen molar-refractivity contribution in [2.24, 2.45) is 0 Å². The lowest BCUT2D eigenvalue weighted by Crippen LogP contribution is -2.46. The highest BCUT2D eigenvalue weighted by atomic mass is 35.5. The van der Waals surface area contributed by atoms with Gasteiger partial charge >= 0.3 is 11.6 Å². The lowest BCUT2D eigenvalue weighted by molar-refractivity contribution is -0.219. The van der Waals surface area contributed by atoms with E-state index < -0.39 is 22.8 Å². The van der Waals surface area contributed by atoms with Crippen LogP contribution in [-0.4, -0.2) is 104 Å². The number of ether oxygens (including phenoxy) is 5. The molecule has 0 aliphatic carbocycles. The van der Waals surface area contributed by atoms with Crippen LogP contribution in [-0.2, 0) is 42.9 Å². The van der Waals surface area contributed by atoms with Crippen LogP contribution in [0.15, 0.2) is 35.8 Å². The number of likely N-dealkylation sites (N-methyl/N-ethyl adjacent to an activating group) is 2. The van der Waals surface area contributed by atoms with Gasteiger partial charge in [0.2, 0.25) is 0 Å². The van der Waals surface area contributed by atoms with Crippen LogP contribution in [0.25, 0.3) is 11.1 Å². The van der Waals surface area contributed by atoms with Gasteiger partial charge in [0.25, 0.3) is 11.8 Å². The molecule has 0 saturated heterocycles. The Bertz CT molecular complexity index is 1800. The third-order valence-corrected chi connectivity index (χ3v) is 8.76. The minimum Gasteiger partial charge on any atom is -0.508 e. The SMILES string of the molecule is CCOCCOC(=O)Cl.CCOCCOC(=O)OC1=C(c2c(C)cc(C)cc2C)C(=O)N(C)OC1(C)C.Cc1cc(C)c(C2=C(O)C(C)(C)ON(C)C2=O)c(C)c1. The molecule has 57 heavy (non-hydrogen) atoms. The zero-order valence-corrected chi connectivity index (χ0v) is 36.5. The Balaban J connectivity index is 0.000000335. The first-order valence-corrected chi connectivity index (χ1v) is 19.0. The lowest BCUT2D eigenvalue weighted by atomic mass is 9.88. The number of aliphatic hydroxyl groups is 1. The molecule has 15 heteroatoms. The first kappa shape index (κ1) is 48.7. The van der Waals surface area contributed by atoms with E-state index in [1.54, 1.807) is 41.8 Å². The number of hydrogen-bond acceptors (Lipinski definition) is 12. The van der Waals surface area contributed by atoms with Gasteiger partial charge in [-0.3, -0.25) is 19.3 Å². The van der Waals surface area contributed by atoms with E-state index in [9.17, 15) is 24.3 Å². The number of hydroxylamine groups is 4. The van der Waals surface area contributed by atoms with Crippen LogP contribution in [0.1, 0.15) is 86.1 Å². The van der Waals surface area contributed by atoms with E-state index in [1.807, 2.05) is 79.7 Å². The molecule has 2 heterocycles. The molecule has 2 aromatic rings. The standard InChI is InChI=1S/C21H29NO6.C16H21NO3.C5H9ClO3/c1-8-25-9-10-26-20(24)27-18-17(19(23)22(7)28-21(18,5)6)16-14(3)11-13(2)12-15(16)4;1-9-7-10(2)12(11(3)8-9)13-14(18)16(4,5)20-17(6)15(13)19;1-2-8-3-4-9-5(6)7/h11-12H,8-10H2,1-7H3;7-8,18H,1-6H3;2-4H2,1H3. The number of hydrogen-bond donors (Lipinski definition) is 1. The van der Waals surface area contributed by atoms with Crippen molar-refractivity contribution >= 4 is 46.1 Å². The van der Waals surface area contributed by atoms with Gasteiger partial charge in [0.1, 0.15) is 30.2 Å². The van der Waals surface area contributed by atoms with Crippen molar-refractivity contribution in [2.75, 3.05) is 53.7 Å². The number of halogens is 1. The predicted octanol–water partition coefficient (Wildman–Crippen LogP) is 8.16. The highest BCUT2D eigenvalue weighted by Gasteiger charge is 2.44. The Morgan fingerprint density at radius 3 is 1.47 bits per heavy atom. The molecule has 0 atom stereocenters. The van der Waals surface area contributed by atoms with Gasteiger partial charge in [-0.1, -0.05) is 35.4 Å². The summed E-state index contributed by atoms with van der Waals surface area (Å²) in [7, 11) is 3.11. The van der Waals surface area contributed by atoms with E-state index in [1.165, 1.54) is 10.1 Å². The number of benzene rings is 2. The maximum atomic E-state index is 13.0. The van der Waals surface area contributed by atoms with E-state index in [0.717, 1.165) is 44.5 Å². The van der Waals surface area contributed by atoms with Crippen molar-refractivity contribution in [3.05, 3.63) is 80.3 Å². The number of rotatable bonds is 11. The zero-order chi connectivity index (χ0) is 43.4. The smallest absolute Gasteiger partial charge is 0.508 e. The van der Waals surface area contributed by atoms with Crippen molar-refractivity contribution in [1.29, 1.82) is 0 Å². The van der Waals surface area contributed by atoms with Gasteiger partial charge in [0.15, 0.2) is 5.76 Å². The second-order valence-electron chi connectivity index (χ2n) is 14.5. The molecule has 0 spiro atoms. The van der Waals surface area contributed by atoms with Crippen molar-refractivity contribution in [3.8, 4) is 0 Å². The molecule has 2 aliphatic heterocycles. The molecule has 1 N–H and O–H groups in total. The van der Waals surface area contributed by atoms with E-state index in [0.29, 0.717) is 31.0 Å². The summed E-state index contributed by atoms with van der Waals surface area (Å²) < 4.78 is 24.9. The molecule has 4 rings (SSSR count). The minimum atomic E-state index is -1.04. The predicted molar refractivity (Wildman–Crippen MR) is 216 cm³/mol. The third-order valence-electron chi connectivity index (χ3n) is 8.65. The second kappa shape index (κ2) is 21.3. The quantitative estimate of drug-likeness (QED) is 0.132. The molecular weight excluding hydrogens is 760 g/mol. The normalized spacial score (nSPS) is 16.1. The molecule has 2 aliphatic rings. The summed E-state index contributed by atoms with van der Waals surface area (Å²) in [5.74, 6) is -0.592. The molecule has 0 fully saturated rings. The number of aliphatic hydroxyl groups excluding tert-OH is 1. The summed E-state index contributed by atoms with van der Waals surface area (Å²) in [5.41, 5.74) is 5.42. The number of carbonyl (C=O) groups excluding carboxylic acids is 4. The first-order chi connectivity index (χ1) is 26.5. The van der Waals surface area contributed by atoms with Gasteiger partial charge in [-0.2, -0.15) is 0 Å². The molecule has 2 amide bonds. The molecular formula is C42H59ClN2O12. The Labute approximate surface area is 341 Å². The minimum absolute atomic E-state index is 0.0179. The van der Waals surface area contributed by atoms with Crippen LogP contribution in [0.3, 0.4) is 0 Å². The topological polar surface area (TPSA) is 160 Å². The maximum Gasteiger partial charge on any atom is 0.513 e. The Kier molecular flexibility index (Phi) is 18.2. The van der Waals surface area contributed by atoms with Crippen molar-refractivity contribution in [1.82, 2.24) is 10.1 Å². The van der Waals surface area contributed by atoms with E-state index >= 15 is 0 Å². The number of carbonyl (C=O) groups is 4. The van der Waals surface area contributed by atoms with Gasteiger partial charge < -0.3 is 28.8 Å². The summed E-state index contributed by atoms with van der Waals surface area (Å²) in [6.07, 6.45) is -0.899. The van der Waals surface area contributed by atoms with Gasteiger partial charge in [0, 0.05) is 38.9 Å². The molecule has 0 aromatic heterocycles. The molecule has 0 bridgehead atoms. The van der Waals surface area contributed by atoms with Gasteiger partial charge in [-0.15, -0.1) is 0 Å². The van der Waals surface area contributed by atoms with Crippen molar-refractivity contribution in [2.45, 2.75) is 94.3 Å². The number of aryl methyl sites for hydroxylation is 6. The summed E-state index contributed by atoms with van der Waals surface area (Å²) in [4.78, 5) is 58.6. The van der Waals surface area contributed by atoms with Crippen LogP contribution in [0, 0.1) is 41.5 Å². The Morgan fingerprint density at radius 1 is 0.667 bits per heavy atom. The summed E-state index contributed by atoms with van der Waals surface area (Å²) in [5, 5.41) is 12.8. The van der Waals surface area contributed by atoms with Gasteiger partial charge in [-0.05, 0) is 116 Å². The Hall–Kier alpha value is -4.47. The van der Waals surface area contributed by atoms with E-state index in [2.05, 4.69) is 4.74 Å². The number of amides is 2. The van der Waals surface area contributed by atoms with Crippen molar-refractivity contribution in [3.63, 3.8) is 0 Å². The highest BCUT2D eigenvalue weighted by Crippen LogP contribution is 2.40. The molecule has 2 aromatic carbocycles. The van der Waals surface area contributed by atoms with E-state index in [4.69, 9.17) is 40.2 Å². The van der Waals surface area contributed by atoms with Crippen LogP contribution in [0.2, 0.25) is 0 Å². The van der Waals surface area contributed by atoms with Crippen molar-refractivity contribution < 1.29 is 57.6 Å². The fraction of sp³-hybridized carbons (Fsp3) is 0.524. The summed E-state index contributed by atoms with van der Waals surface area (Å²) in [6.45, 7) is 24.6.